The van der Waals surface area contributed by atoms with E-state index in [1.807, 2.05) is 22.6 Å². The van der Waals surface area contributed by atoms with E-state index in [9.17, 15) is 13.2 Å². The van der Waals surface area contributed by atoms with Crippen LogP contribution in [0.25, 0.3) is 0 Å². The molecule has 1 aromatic rings. The van der Waals surface area contributed by atoms with E-state index in [1.54, 1.807) is 6.92 Å². The Bertz CT molecular complexity index is 370. The highest BCUT2D eigenvalue weighted by atomic mass is 127. The van der Waals surface area contributed by atoms with Crippen LogP contribution in [0.3, 0.4) is 0 Å². The van der Waals surface area contributed by atoms with Crippen molar-refractivity contribution in [1.82, 2.24) is 4.98 Å². The molecule has 0 bridgehead atoms. The van der Waals surface area contributed by atoms with Gasteiger partial charge < -0.3 is 4.74 Å². The van der Waals surface area contributed by atoms with E-state index in [0.717, 1.165) is 0 Å². The van der Waals surface area contributed by atoms with E-state index in [-0.39, 0.29) is 16.8 Å². The van der Waals surface area contributed by atoms with Gasteiger partial charge in [-0.05, 0) is 35.6 Å². The predicted molar refractivity (Wildman–Crippen MR) is 61.0 cm³/mol. The van der Waals surface area contributed by atoms with Crippen molar-refractivity contribution in [1.29, 1.82) is 0 Å². The van der Waals surface area contributed by atoms with Crippen LogP contribution in [0.15, 0.2) is 6.07 Å². The van der Waals surface area contributed by atoms with E-state index in [0.29, 0.717) is 9.26 Å². The minimum atomic E-state index is -4.68. The second kappa shape index (κ2) is 4.86. The summed E-state index contributed by atoms with van der Waals surface area (Å²) < 4.78 is 40.6. The Balaban J connectivity index is 3.11. The van der Waals surface area contributed by atoms with Gasteiger partial charge in [0.05, 0.1) is 11.4 Å². The topological polar surface area (TPSA) is 22.1 Å². The number of aromatic nitrogens is 1. The standard InChI is InChI=1S/C8H6BrF3INO/c1-4-5(13)2-7(6(3-9)14-4)15-8(10,11)12/h2H,3H2,1H3. The molecule has 0 aliphatic carbocycles. The minimum Gasteiger partial charge on any atom is -0.404 e. The van der Waals surface area contributed by atoms with Crippen LogP contribution in [0.1, 0.15) is 11.4 Å². The molecule has 0 atom stereocenters. The maximum Gasteiger partial charge on any atom is 0.573 e. The molecule has 0 amide bonds. The van der Waals surface area contributed by atoms with E-state index < -0.39 is 6.36 Å². The lowest BCUT2D eigenvalue weighted by Gasteiger charge is -2.12. The highest BCUT2D eigenvalue weighted by molar-refractivity contribution is 14.1. The van der Waals surface area contributed by atoms with E-state index in [2.05, 4.69) is 25.7 Å². The molecule has 0 aliphatic heterocycles. The third kappa shape index (κ3) is 3.78. The summed E-state index contributed by atoms with van der Waals surface area (Å²) in [5, 5.41) is 0.218. The first-order valence-electron chi connectivity index (χ1n) is 3.81. The van der Waals surface area contributed by atoms with Crippen molar-refractivity contribution in [3.8, 4) is 5.75 Å². The Labute approximate surface area is 106 Å². The lowest BCUT2D eigenvalue weighted by Crippen LogP contribution is -2.18. The summed E-state index contributed by atoms with van der Waals surface area (Å²) in [4.78, 5) is 4.00. The summed E-state index contributed by atoms with van der Waals surface area (Å²) in [7, 11) is 0. The minimum absolute atomic E-state index is 0.218. The van der Waals surface area contributed by atoms with Crippen LogP contribution in [0.2, 0.25) is 0 Å². The van der Waals surface area contributed by atoms with Crippen LogP contribution in [-0.2, 0) is 5.33 Å². The van der Waals surface area contributed by atoms with Crippen molar-refractivity contribution >= 4 is 38.5 Å². The average molecular weight is 396 g/mol. The number of alkyl halides is 4. The van der Waals surface area contributed by atoms with Crippen molar-refractivity contribution < 1.29 is 17.9 Å². The third-order valence-corrected chi connectivity index (χ3v) is 3.17. The number of hydrogen-bond acceptors (Lipinski definition) is 2. The zero-order valence-electron chi connectivity index (χ0n) is 7.53. The van der Waals surface area contributed by atoms with E-state index in [1.165, 1.54) is 6.07 Å². The number of halogens is 5. The molecule has 0 aliphatic rings. The second-order valence-corrected chi connectivity index (χ2v) is 4.40. The van der Waals surface area contributed by atoms with Crippen LogP contribution in [0.4, 0.5) is 13.2 Å². The van der Waals surface area contributed by atoms with Gasteiger partial charge in [-0.15, -0.1) is 13.2 Å². The summed E-state index contributed by atoms with van der Waals surface area (Å²) >= 11 is 4.97. The molecule has 0 saturated heterocycles. The quantitative estimate of drug-likeness (QED) is 0.561. The van der Waals surface area contributed by atoms with Gasteiger partial charge in [0, 0.05) is 8.90 Å². The lowest BCUT2D eigenvalue weighted by molar-refractivity contribution is -0.275. The van der Waals surface area contributed by atoms with Gasteiger partial charge in [0.2, 0.25) is 0 Å². The van der Waals surface area contributed by atoms with Crippen LogP contribution in [-0.4, -0.2) is 11.3 Å². The van der Waals surface area contributed by atoms with Crippen molar-refractivity contribution in [2.45, 2.75) is 18.6 Å². The van der Waals surface area contributed by atoms with Gasteiger partial charge in [-0.1, -0.05) is 15.9 Å². The number of ether oxygens (including phenoxy) is 1. The van der Waals surface area contributed by atoms with Gasteiger partial charge in [0.1, 0.15) is 0 Å². The van der Waals surface area contributed by atoms with Crippen molar-refractivity contribution in [3.63, 3.8) is 0 Å². The summed E-state index contributed by atoms with van der Waals surface area (Å²) in [6.07, 6.45) is -4.68. The number of hydrogen-bond donors (Lipinski definition) is 0. The molecule has 84 valence electrons. The molecule has 0 fully saturated rings. The van der Waals surface area contributed by atoms with E-state index in [4.69, 9.17) is 0 Å². The van der Waals surface area contributed by atoms with Crippen LogP contribution >= 0.6 is 38.5 Å². The molecule has 7 heteroatoms. The smallest absolute Gasteiger partial charge is 0.404 e. The molecule has 1 heterocycles. The molecule has 0 saturated carbocycles. The van der Waals surface area contributed by atoms with Gasteiger partial charge in [-0.2, -0.15) is 0 Å². The summed E-state index contributed by atoms with van der Waals surface area (Å²) in [5.74, 6) is -0.255. The molecule has 0 N–H and O–H groups in total. The molecule has 1 rings (SSSR count). The Kier molecular flexibility index (Phi) is 4.21. The summed E-state index contributed by atoms with van der Waals surface area (Å²) in [6, 6.07) is 1.33. The third-order valence-electron chi connectivity index (χ3n) is 1.54. The van der Waals surface area contributed by atoms with Crippen LogP contribution in [0, 0.1) is 10.5 Å². The number of rotatable bonds is 2. The molecule has 0 unspecified atom stereocenters. The zero-order valence-corrected chi connectivity index (χ0v) is 11.3. The van der Waals surface area contributed by atoms with Crippen molar-refractivity contribution in [2.75, 3.05) is 0 Å². The first-order chi connectivity index (χ1) is 6.83. The molecule has 0 aromatic carbocycles. The normalized spacial score (nSPS) is 11.6. The molecular formula is C8H6BrF3INO. The molecule has 15 heavy (non-hydrogen) atoms. The number of aryl methyl sites for hydroxylation is 1. The Morgan fingerprint density at radius 1 is 1.53 bits per heavy atom. The highest BCUT2D eigenvalue weighted by Gasteiger charge is 2.32. The van der Waals surface area contributed by atoms with Crippen LogP contribution < -0.4 is 4.74 Å². The summed E-state index contributed by atoms with van der Waals surface area (Å²) in [5.41, 5.74) is 0.921. The fraction of sp³-hybridized carbons (Fsp3) is 0.375. The molecule has 0 spiro atoms. The Hall–Kier alpha value is -0.0500. The largest absolute Gasteiger partial charge is 0.573 e. The van der Waals surface area contributed by atoms with Crippen LogP contribution in [0.5, 0.6) is 5.75 Å². The predicted octanol–water partition coefficient (Wildman–Crippen LogP) is 3.79. The zero-order chi connectivity index (χ0) is 11.6. The van der Waals surface area contributed by atoms with Gasteiger partial charge in [0.25, 0.3) is 0 Å². The van der Waals surface area contributed by atoms with Gasteiger partial charge in [-0.3, -0.25) is 4.98 Å². The first kappa shape index (κ1) is 13.0. The fourth-order valence-corrected chi connectivity index (χ4v) is 1.73. The Morgan fingerprint density at radius 3 is 2.60 bits per heavy atom. The van der Waals surface area contributed by atoms with Crippen molar-refractivity contribution in [3.05, 3.63) is 21.0 Å². The molecule has 0 radical (unpaired) electrons. The second-order valence-electron chi connectivity index (χ2n) is 2.68. The number of pyridine rings is 1. The van der Waals surface area contributed by atoms with E-state index >= 15 is 0 Å². The van der Waals surface area contributed by atoms with Crippen molar-refractivity contribution in [2.24, 2.45) is 0 Å². The van der Waals surface area contributed by atoms with Gasteiger partial charge in [0.15, 0.2) is 5.75 Å². The average Bonchev–Trinajstić information content (AvgIpc) is 2.08. The lowest BCUT2D eigenvalue weighted by atomic mass is 10.3. The molecule has 1 aromatic heterocycles. The van der Waals surface area contributed by atoms with Gasteiger partial charge in [-0.25, -0.2) is 0 Å². The highest BCUT2D eigenvalue weighted by Crippen LogP contribution is 2.29. The SMILES string of the molecule is Cc1nc(CBr)c(OC(F)(F)F)cc1I. The number of nitrogens with zero attached hydrogens (tertiary/aromatic N) is 1. The fourth-order valence-electron chi connectivity index (χ4n) is 0.923. The maximum absolute atomic E-state index is 12.0. The maximum atomic E-state index is 12.0. The van der Waals surface area contributed by atoms with Gasteiger partial charge >= 0.3 is 6.36 Å². The molecular weight excluding hydrogens is 390 g/mol. The molecule has 2 nitrogen and oxygen atoms in total. The summed E-state index contributed by atoms with van der Waals surface area (Å²) in [6.45, 7) is 1.73. The monoisotopic (exact) mass is 395 g/mol. The Morgan fingerprint density at radius 2 is 2.13 bits per heavy atom. The first-order valence-corrected chi connectivity index (χ1v) is 6.01.